The predicted molar refractivity (Wildman–Crippen MR) is 49.2 cm³/mol. The molecule has 0 unspecified atom stereocenters. The Hall–Kier alpha value is -0.800. The molecule has 1 aliphatic rings. The van der Waals surface area contributed by atoms with E-state index in [-0.39, 0.29) is 0 Å². The quantitative estimate of drug-likeness (QED) is 0.758. The average molecular weight is 181 g/mol. The monoisotopic (exact) mass is 181 g/mol. The predicted octanol–water partition coefficient (Wildman–Crippen LogP) is 1.09. The average Bonchev–Trinajstić information content (AvgIpc) is 2.76. The molecule has 3 nitrogen and oxygen atoms in total. The van der Waals surface area contributed by atoms with Crippen LogP contribution in [0.5, 0.6) is 0 Å². The van der Waals surface area contributed by atoms with Gasteiger partial charge in [0.1, 0.15) is 5.76 Å². The van der Waals surface area contributed by atoms with Crippen LogP contribution in [0.15, 0.2) is 22.8 Å². The topological polar surface area (TPSA) is 36.6 Å². The van der Waals surface area contributed by atoms with Crippen LogP contribution in [0.4, 0.5) is 0 Å². The molecule has 0 spiro atoms. The molecule has 2 rings (SSSR count). The molecule has 2 heterocycles. The lowest BCUT2D eigenvalue weighted by Crippen LogP contribution is -2.20. The molecule has 0 bridgehead atoms. The highest BCUT2D eigenvalue weighted by Gasteiger charge is 2.21. The van der Waals surface area contributed by atoms with Crippen molar-refractivity contribution < 1.29 is 9.52 Å². The Labute approximate surface area is 78.0 Å². The SMILES string of the molecule is OC[C@@H]1CCN(Cc2ccco2)C1. The summed E-state index contributed by atoms with van der Waals surface area (Å²) in [7, 11) is 0. The maximum atomic E-state index is 8.96. The Kier molecular flexibility index (Phi) is 2.66. The van der Waals surface area contributed by atoms with Crippen LogP contribution < -0.4 is 0 Å². The second-order valence-electron chi connectivity index (χ2n) is 3.65. The zero-order chi connectivity index (χ0) is 9.10. The minimum atomic E-state index is 0.314. The van der Waals surface area contributed by atoms with Gasteiger partial charge in [-0.15, -0.1) is 0 Å². The summed E-state index contributed by atoms with van der Waals surface area (Å²) in [6.07, 6.45) is 2.81. The molecular formula is C10H15NO2. The van der Waals surface area contributed by atoms with E-state index in [0.717, 1.165) is 31.8 Å². The van der Waals surface area contributed by atoms with Gasteiger partial charge >= 0.3 is 0 Å². The minimum Gasteiger partial charge on any atom is -0.468 e. The van der Waals surface area contributed by atoms with Crippen LogP contribution >= 0.6 is 0 Å². The van der Waals surface area contributed by atoms with Gasteiger partial charge in [0.05, 0.1) is 12.8 Å². The Morgan fingerprint density at radius 2 is 2.54 bits per heavy atom. The highest BCUT2D eigenvalue weighted by atomic mass is 16.3. The third-order valence-corrected chi connectivity index (χ3v) is 2.59. The summed E-state index contributed by atoms with van der Waals surface area (Å²) in [5.74, 6) is 1.48. The van der Waals surface area contributed by atoms with Crippen LogP contribution in [-0.2, 0) is 6.54 Å². The summed E-state index contributed by atoms with van der Waals surface area (Å²) in [5.41, 5.74) is 0. The number of rotatable bonds is 3. The number of hydrogen-bond acceptors (Lipinski definition) is 3. The van der Waals surface area contributed by atoms with E-state index in [2.05, 4.69) is 4.90 Å². The molecule has 72 valence electrons. The van der Waals surface area contributed by atoms with Gasteiger partial charge in [-0.25, -0.2) is 0 Å². The molecule has 0 saturated carbocycles. The first kappa shape index (κ1) is 8.78. The third-order valence-electron chi connectivity index (χ3n) is 2.59. The van der Waals surface area contributed by atoms with E-state index >= 15 is 0 Å². The van der Waals surface area contributed by atoms with Gasteiger partial charge in [0, 0.05) is 13.2 Å². The van der Waals surface area contributed by atoms with Crippen molar-refractivity contribution in [3.8, 4) is 0 Å². The Morgan fingerprint density at radius 1 is 1.62 bits per heavy atom. The number of nitrogens with zero attached hydrogens (tertiary/aromatic N) is 1. The van der Waals surface area contributed by atoms with Crippen molar-refractivity contribution in [2.45, 2.75) is 13.0 Å². The van der Waals surface area contributed by atoms with Gasteiger partial charge in [0.2, 0.25) is 0 Å². The number of aliphatic hydroxyl groups is 1. The largest absolute Gasteiger partial charge is 0.468 e. The van der Waals surface area contributed by atoms with E-state index in [1.807, 2.05) is 12.1 Å². The van der Waals surface area contributed by atoms with E-state index in [4.69, 9.17) is 9.52 Å². The smallest absolute Gasteiger partial charge is 0.117 e. The minimum absolute atomic E-state index is 0.314. The number of furan rings is 1. The molecule has 13 heavy (non-hydrogen) atoms. The number of likely N-dealkylation sites (tertiary alicyclic amines) is 1. The molecule has 1 N–H and O–H groups in total. The van der Waals surface area contributed by atoms with Crippen molar-refractivity contribution in [2.75, 3.05) is 19.7 Å². The second-order valence-corrected chi connectivity index (χ2v) is 3.65. The highest BCUT2D eigenvalue weighted by molar-refractivity contribution is 4.98. The first-order chi connectivity index (χ1) is 6.38. The molecule has 1 saturated heterocycles. The lowest BCUT2D eigenvalue weighted by Gasteiger charge is -2.13. The molecule has 0 amide bonds. The van der Waals surface area contributed by atoms with Crippen molar-refractivity contribution in [1.29, 1.82) is 0 Å². The molecule has 3 heteroatoms. The maximum Gasteiger partial charge on any atom is 0.117 e. The molecular weight excluding hydrogens is 166 g/mol. The van der Waals surface area contributed by atoms with Gasteiger partial charge < -0.3 is 9.52 Å². The Bertz CT molecular complexity index is 245. The lowest BCUT2D eigenvalue weighted by molar-refractivity contribution is 0.216. The number of aliphatic hydroxyl groups excluding tert-OH is 1. The molecule has 0 aliphatic carbocycles. The fourth-order valence-electron chi connectivity index (χ4n) is 1.83. The molecule has 1 aromatic heterocycles. The summed E-state index contributed by atoms with van der Waals surface area (Å²) >= 11 is 0. The number of hydrogen-bond donors (Lipinski definition) is 1. The van der Waals surface area contributed by atoms with Crippen LogP contribution in [0.25, 0.3) is 0 Å². The van der Waals surface area contributed by atoms with Gasteiger partial charge in [-0.3, -0.25) is 4.90 Å². The fraction of sp³-hybridized carbons (Fsp3) is 0.600. The Balaban J connectivity index is 1.84. The van der Waals surface area contributed by atoms with Crippen molar-refractivity contribution in [3.63, 3.8) is 0 Å². The van der Waals surface area contributed by atoms with Gasteiger partial charge in [0.25, 0.3) is 0 Å². The molecule has 1 aliphatic heterocycles. The van der Waals surface area contributed by atoms with Crippen LogP contribution in [0.3, 0.4) is 0 Å². The summed E-state index contributed by atoms with van der Waals surface area (Å²) in [6, 6.07) is 3.90. The van der Waals surface area contributed by atoms with E-state index in [1.165, 1.54) is 0 Å². The van der Waals surface area contributed by atoms with E-state index in [1.54, 1.807) is 6.26 Å². The van der Waals surface area contributed by atoms with Gasteiger partial charge in [-0.2, -0.15) is 0 Å². The van der Waals surface area contributed by atoms with Crippen LogP contribution in [0, 0.1) is 5.92 Å². The summed E-state index contributed by atoms with van der Waals surface area (Å²) in [6.45, 7) is 3.27. The second kappa shape index (κ2) is 3.94. The standard InChI is InChI=1S/C10H15NO2/c12-8-9-3-4-11(6-9)7-10-2-1-5-13-10/h1-2,5,9,12H,3-4,6-8H2/t9-/m1/s1. The van der Waals surface area contributed by atoms with Crippen molar-refractivity contribution >= 4 is 0 Å². The Morgan fingerprint density at radius 3 is 3.15 bits per heavy atom. The van der Waals surface area contributed by atoms with E-state index < -0.39 is 0 Å². The maximum absolute atomic E-state index is 8.96. The van der Waals surface area contributed by atoms with Crippen LogP contribution in [-0.4, -0.2) is 29.7 Å². The van der Waals surface area contributed by atoms with Crippen LogP contribution in [0.1, 0.15) is 12.2 Å². The van der Waals surface area contributed by atoms with Crippen LogP contribution in [0.2, 0.25) is 0 Å². The zero-order valence-corrected chi connectivity index (χ0v) is 7.65. The third kappa shape index (κ3) is 2.11. The molecule has 1 atom stereocenters. The van der Waals surface area contributed by atoms with Gasteiger partial charge in [0.15, 0.2) is 0 Å². The summed E-state index contributed by atoms with van der Waals surface area (Å²) in [4.78, 5) is 2.32. The molecule has 1 aromatic rings. The first-order valence-corrected chi connectivity index (χ1v) is 4.74. The van der Waals surface area contributed by atoms with Crippen molar-refractivity contribution in [3.05, 3.63) is 24.2 Å². The molecule has 0 radical (unpaired) electrons. The highest BCUT2D eigenvalue weighted by Crippen LogP contribution is 2.17. The molecule has 0 aromatic carbocycles. The van der Waals surface area contributed by atoms with Gasteiger partial charge in [-0.1, -0.05) is 0 Å². The molecule has 1 fully saturated rings. The van der Waals surface area contributed by atoms with Gasteiger partial charge in [-0.05, 0) is 31.0 Å². The van der Waals surface area contributed by atoms with E-state index in [9.17, 15) is 0 Å². The lowest BCUT2D eigenvalue weighted by atomic mass is 10.1. The first-order valence-electron chi connectivity index (χ1n) is 4.74. The fourth-order valence-corrected chi connectivity index (χ4v) is 1.83. The summed E-state index contributed by atoms with van der Waals surface area (Å²) < 4.78 is 5.26. The van der Waals surface area contributed by atoms with Crippen molar-refractivity contribution in [1.82, 2.24) is 4.90 Å². The zero-order valence-electron chi connectivity index (χ0n) is 7.65. The van der Waals surface area contributed by atoms with E-state index in [0.29, 0.717) is 12.5 Å². The summed E-state index contributed by atoms with van der Waals surface area (Å²) in [5, 5.41) is 8.96. The normalized spacial score (nSPS) is 23.9. The van der Waals surface area contributed by atoms with Crippen molar-refractivity contribution in [2.24, 2.45) is 5.92 Å².